The molecule has 82 valence electrons. The van der Waals surface area contributed by atoms with Crippen molar-refractivity contribution in [2.45, 2.75) is 0 Å². The van der Waals surface area contributed by atoms with Crippen molar-refractivity contribution in [1.29, 1.82) is 0 Å². The molecule has 6 nitrogen and oxygen atoms in total. The topological polar surface area (TPSA) is 82.0 Å². The van der Waals surface area contributed by atoms with Gasteiger partial charge < -0.3 is 15.2 Å². The van der Waals surface area contributed by atoms with Gasteiger partial charge in [0.2, 0.25) is 0 Å². The van der Waals surface area contributed by atoms with Crippen LogP contribution >= 0.6 is 0 Å². The number of hydroxylamine groups is 1. The molecule has 3 N–H and O–H groups in total. The summed E-state index contributed by atoms with van der Waals surface area (Å²) in [4.78, 5) is 10.5. The smallest absolute Gasteiger partial charge is 0.436 e. The molecule has 0 radical (unpaired) electrons. The maximum Gasteiger partial charge on any atom is 0.436 e. The van der Waals surface area contributed by atoms with Gasteiger partial charge in [-0.05, 0) is 12.1 Å². The van der Waals surface area contributed by atoms with Crippen LogP contribution in [0.2, 0.25) is 0 Å². The van der Waals surface area contributed by atoms with Gasteiger partial charge in [0.1, 0.15) is 5.75 Å². The molecule has 0 atom stereocenters. The summed E-state index contributed by atoms with van der Waals surface area (Å²) >= 11 is 0. The SMILES string of the molecule is CNc1ccc(N(O)C(=O)O)cc1OC. The van der Waals surface area contributed by atoms with Crippen LogP contribution in [0.25, 0.3) is 0 Å². The van der Waals surface area contributed by atoms with Crippen molar-refractivity contribution >= 4 is 17.5 Å². The van der Waals surface area contributed by atoms with Gasteiger partial charge in [-0.3, -0.25) is 5.21 Å². The summed E-state index contributed by atoms with van der Waals surface area (Å²) in [5.41, 5.74) is 0.832. The van der Waals surface area contributed by atoms with Gasteiger partial charge in [0.15, 0.2) is 0 Å². The first-order valence-corrected chi connectivity index (χ1v) is 4.18. The van der Waals surface area contributed by atoms with Gasteiger partial charge in [-0.15, -0.1) is 0 Å². The summed E-state index contributed by atoms with van der Waals surface area (Å²) in [6, 6.07) is 4.49. The number of methoxy groups -OCH3 is 1. The zero-order valence-electron chi connectivity index (χ0n) is 8.39. The van der Waals surface area contributed by atoms with Gasteiger partial charge in [0.05, 0.1) is 18.5 Å². The lowest BCUT2D eigenvalue weighted by Gasteiger charge is -2.14. The minimum Gasteiger partial charge on any atom is -0.495 e. The number of rotatable bonds is 3. The molecule has 0 saturated heterocycles. The highest BCUT2D eigenvalue weighted by molar-refractivity contribution is 5.84. The lowest BCUT2D eigenvalue weighted by Crippen LogP contribution is -2.24. The van der Waals surface area contributed by atoms with E-state index in [-0.39, 0.29) is 10.8 Å². The molecule has 6 heteroatoms. The first kappa shape index (κ1) is 11.1. The number of hydrogen-bond donors (Lipinski definition) is 3. The van der Waals surface area contributed by atoms with Crippen molar-refractivity contribution in [1.82, 2.24) is 0 Å². The van der Waals surface area contributed by atoms with Crippen molar-refractivity contribution in [3.05, 3.63) is 18.2 Å². The molecule has 0 aliphatic rings. The lowest BCUT2D eigenvalue weighted by atomic mass is 10.2. The van der Waals surface area contributed by atoms with Crippen LogP contribution in [-0.4, -0.2) is 30.6 Å². The van der Waals surface area contributed by atoms with Crippen LogP contribution in [0, 0.1) is 0 Å². The van der Waals surface area contributed by atoms with Crippen LogP contribution in [0.3, 0.4) is 0 Å². The summed E-state index contributed by atoms with van der Waals surface area (Å²) in [7, 11) is 3.17. The molecule has 1 aromatic rings. The standard InChI is InChI=1S/C9H12N2O4/c1-10-7-4-3-6(5-8(7)15-2)11(14)9(12)13/h3-5,10,14H,1-2H3,(H,12,13). The Kier molecular flexibility index (Phi) is 3.35. The highest BCUT2D eigenvalue weighted by Gasteiger charge is 2.13. The van der Waals surface area contributed by atoms with Crippen LogP contribution in [0.5, 0.6) is 5.75 Å². The molecular formula is C9H12N2O4. The fourth-order valence-electron chi connectivity index (χ4n) is 1.13. The fourth-order valence-corrected chi connectivity index (χ4v) is 1.13. The maximum absolute atomic E-state index is 10.5. The molecule has 1 aromatic carbocycles. The van der Waals surface area contributed by atoms with Crippen molar-refractivity contribution in [3.8, 4) is 5.75 Å². The van der Waals surface area contributed by atoms with E-state index in [0.29, 0.717) is 11.4 Å². The van der Waals surface area contributed by atoms with Crippen molar-refractivity contribution in [2.75, 3.05) is 24.5 Å². The number of hydrogen-bond acceptors (Lipinski definition) is 4. The summed E-state index contributed by atoms with van der Waals surface area (Å²) in [6.07, 6.45) is -1.45. The van der Waals surface area contributed by atoms with Crippen molar-refractivity contribution in [3.63, 3.8) is 0 Å². The monoisotopic (exact) mass is 212 g/mol. The average molecular weight is 212 g/mol. The Balaban J connectivity index is 3.07. The molecule has 0 aliphatic carbocycles. The van der Waals surface area contributed by atoms with Gasteiger partial charge in [-0.2, -0.15) is 5.06 Å². The molecule has 1 rings (SSSR count). The summed E-state index contributed by atoms with van der Waals surface area (Å²) < 4.78 is 5.01. The second kappa shape index (κ2) is 4.52. The molecule has 0 spiro atoms. The number of benzene rings is 1. The molecule has 0 aliphatic heterocycles. The quantitative estimate of drug-likeness (QED) is 0.523. The molecule has 0 bridgehead atoms. The van der Waals surface area contributed by atoms with Gasteiger partial charge >= 0.3 is 6.09 Å². The van der Waals surface area contributed by atoms with Crippen LogP contribution < -0.4 is 15.1 Å². The number of amides is 1. The van der Waals surface area contributed by atoms with Gasteiger partial charge in [-0.1, -0.05) is 0 Å². The summed E-state index contributed by atoms with van der Waals surface area (Å²) in [5.74, 6) is 0.454. The zero-order valence-corrected chi connectivity index (χ0v) is 8.39. The first-order valence-electron chi connectivity index (χ1n) is 4.18. The maximum atomic E-state index is 10.5. The minimum atomic E-state index is -1.45. The molecule has 0 fully saturated rings. The third-order valence-electron chi connectivity index (χ3n) is 1.88. The number of carbonyl (C=O) groups is 1. The van der Waals surface area contributed by atoms with Gasteiger partial charge in [0, 0.05) is 13.1 Å². The number of carboxylic acid groups (broad SMARTS) is 1. The third-order valence-corrected chi connectivity index (χ3v) is 1.88. The van der Waals surface area contributed by atoms with Crippen LogP contribution in [0.15, 0.2) is 18.2 Å². The van der Waals surface area contributed by atoms with E-state index in [0.717, 1.165) is 0 Å². The molecule has 1 amide bonds. The largest absolute Gasteiger partial charge is 0.495 e. The van der Waals surface area contributed by atoms with Gasteiger partial charge in [-0.25, -0.2) is 4.79 Å². The van der Waals surface area contributed by atoms with E-state index >= 15 is 0 Å². The average Bonchev–Trinajstić information content (AvgIpc) is 2.26. The van der Waals surface area contributed by atoms with E-state index in [1.807, 2.05) is 0 Å². The highest BCUT2D eigenvalue weighted by Crippen LogP contribution is 2.28. The Bertz CT molecular complexity index is 367. The van der Waals surface area contributed by atoms with Gasteiger partial charge in [0.25, 0.3) is 0 Å². The lowest BCUT2D eigenvalue weighted by molar-refractivity contribution is 0.160. The molecular weight excluding hydrogens is 200 g/mol. The molecule has 15 heavy (non-hydrogen) atoms. The van der Waals surface area contributed by atoms with Crippen molar-refractivity contribution in [2.24, 2.45) is 0 Å². The number of nitrogens with one attached hydrogen (secondary N) is 1. The van der Waals surface area contributed by atoms with Crippen LogP contribution in [0.4, 0.5) is 16.2 Å². The van der Waals surface area contributed by atoms with E-state index in [1.165, 1.54) is 19.2 Å². The Hall–Kier alpha value is -1.95. The van der Waals surface area contributed by atoms with E-state index in [2.05, 4.69) is 5.32 Å². The highest BCUT2D eigenvalue weighted by atomic mass is 16.6. The van der Waals surface area contributed by atoms with E-state index in [4.69, 9.17) is 15.1 Å². The van der Waals surface area contributed by atoms with E-state index < -0.39 is 6.09 Å². The number of ether oxygens (including phenoxy) is 1. The predicted octanol–water partition coefficient (Wildman–Crippen LogP) is 1.61. The van der Waals surface area contributed by atoms with Crippen LogP contribution in [0.1, 0.15) is 0 Å². The molecule has 0 heterocycles. The Morgan fingerprint density at radius 3 is 2.67 bits per heavy atom. The molecule has 0 aromatic heterocycles. The predicted molar refractivity (Wildman–Crippen MR) is 54.8 cm³/mol. The molecule has 0 unspecified atom stereocenters. The minimum absolute atomic E-state index is 0.123. The fraction of sp³-hybridized carbons (Fsp3) is 0.222. The van der Waals surface area contributed by atoms with Crippen molar-refractivity contribution < 1.29 is 19.8 Å². The summed E-state index contributed by atoms with van der Waals surface area (Å²) in [5, 5.41) is 20.7. The van der Waals surface area contributed by atoms with Crippen LogP contribution in [-0.2, 0) is 0 Å². The summed E-state index contributed by atoms with van der Waals surface area (Å²) in [6.45, 7) is 0. The normalized spacial score (nSPS) is 9.53. The third kappa shape index (κ3) is 2.29. The second-order valence-corrected chi connectivity index (χ2v) is 2.73. The number of anilines is 2. The Labute approximate surface area is 86.7 Å². The Morgan fingerprint density at radius 2 is 2.20 bits per heavy atom. The zero-order chi connectivity index (χ0) is 11.4. The first-order chi connectivity index (χ1) is 7.10. The van der Waals surface area contributed by atoms with E-state index in [1.54, 1.807) is 13.1 Å². The molecule has 0 saturated carbocycles. The number of nitrogens with zero attached hydrogens (tertiary/aromatic N) is 1. The second-order valence-electron chi connectivity index (χ2n) is 2.73. The Morgan fingerprint density at radius 1 is 1.53 bits per heavy atom. The van der Waals surface area contributed by atoms with E-state index in [9.17, 15) is 4.79 Å².